The number of hydroxylamine groups is 3. The van der Waals surface area contributed by atoms with Crippen LogP contribution in [0.4, 0.5) is 0 Å². The van der Waals surface area contributed by atoms with Crippen molar-refractivity contribution < 1.29 is 134 Å². The van der Waals surface area contributed by atoms with E-state index in [9.17, 15) is 62.3 Å². The number of unbranched alkanes of at least 4 members (excludes halogenated alkanes) is 1. The molecular formula is C56H89N7O28. The van der Waals surface area contributed by atoms with Gasteiger partial charge in [-0.05, 0) is 45.2 Å². The second kappa shape index (κ2) is 40.6. The fourth-order valence-corrected chi connectivity index (χ4v) is 9.66. The minimum Gasteiger partial charge on any atom is -0.463 e. The SMILES string of the molecule is CC(=O)NC1C(OC(C)=O)[C@@H](OC(C)=O)C(COC(C)=O)O[C@H]1OCCCCC(=O)NCCCNCCCN(CCCNO[C@@H]1OC(COC(C)=O)[C@H](OC(C)=O)C(OC(C)=O)C1NC(C)=O)O[C@@H]1OC(COC(C)=O)[C@H](OC(C)=O)C(OC(C)=O)C1NC(C)=O. The number of carbonyl (C=O) groups excluding carboxylic acids is 13. The van der Waals surface area contributed by atoms with E-state index >= 15 is 0 Å². The molecule has 3 heterocycles. The fraction of sp³-hybridized carbons (Fsp3) is 0.768. The molecule has 3 rings (SSSR count). The molecule has 4 amide bonds. The molecule has 3 aliphatic rings. The number of rotatable bonds is 37. The third-order valence-corrected chi connectivity index (χ3v) is 13.0. The molecule has 0 aliphatic carbocycles. The number of nitrogens with zero attached hydrogens (tertiary/aromatic N) is 1. The Morgan fingerprint density at radius 3 is 1.15 bits per heavy atom. The van der Waals surface area contributed by atoms with Gasteiger partial charge in [-0.2, -0.15) is 10.5 Å². The highest BCUT2D eigenvalue weighted by Gasteiger charge is 2.54. The number of hydrogen-bond donors (Lipinski definition) is 6. The molecule has 15 atom stereocenters. The molecule has 0 radical (unpaired) electrons. The van der Waals surface area contributed by atoms with Crippen LogP contribution in [0.25, 0.3) is 0 Å². The summed E-state index contributed by atoms with van der Waals surface area (Å²) in [5.74, 6) is -8.82. The summed E-state index contributed by atoms with van der Waals surface area (Å²) in [6.07, 6.45) is -14.1. The minimum atomic E-state index is -1.48. The first-order valence-electron chi connectivity index (χ1n) is 29.6. The monoisotopic (exact) mass is 1310 g/mol. The number of carbonyl (C=O) groups is 13. The van der Waals surface area contributed by atoms with Gasteiger partial charge < -0.3 is 88.2 Å². The van der Waals surface area contributed by atoms with Gasteiger partial charge in [-0.25, -0.2) is 0 Å². The van der Waals surface area contributed by atoms with Crippen LogP contribution in [-0.4, -0.2) is 240 Å². The highest BCUT2D eigenvalue weighted by molar-refractivity contribution is 5.76. The van der Waals surface area contributed by atoms with Crippen LogP contribution in [-0.2, 0) is 134 Å². The predicted octanol–water partition coefficient (Wildman–Crippen LogP) is -2.23. The molecule has 0 bridgehead atoms. The van der Waals surface area contributed by atoms with Crippen LogP contribution in [0.3, 0.4) is 0 Å². The Hall–Kier alpha value is -7.25. The second-order valence-corrected chi connectivity index (χ2v) is 21.2. The Balaban J connectivity index is 1.70. The Labute approximate surface area is 526 Å². The van der Waals surface area contributed by atoms with Crippen LogP contribution in [0.5, 0.6) is 0 Å². The summed E-state index contributed by atoms with van der Waals surface area (Å²) in [6, 6.07) is -3.75. The molecule has 0 spiro atoms. The summed E-state index contributed by atoms with van der Waals surface area (Å²) in [6.45, 7) is 13.7. The molecule has 3 saturated heterocycles. The molecule has 0 aromatic heterocycles. The standard InChI is InChI=1S/C56H89N7O28/c1-29(64)60-45-51(84-38(10)73)48(81-35(7)70)41(26-78-32(4)67)87-54(45)77-25-14-13-18-44(76)58-21-15-19-57-20-16-23-63(91-56-47(62-31(3)66)53(86-40(12)75)50(83-37(9)72)43(89-56)28-80-34(6)69)24-17-22-59-90-55-46(61-30(2)65)52(85-39(11)74)49(82-36(8)71)42(88-55)27-79-33(5)68/h41-43,45-57,59H,13-28H2,1-12H3,(H,58,76)(H,60,64)(H,61,65)(H,62,66)/t41?,42?,43?,45?,46?,47?,48-,49-,50-,51?,52?,53?,54+,55-,56-/m0/s1. The number of ether oxygens (including phenoxy) is 13. The third-order valence-electron chi connectivity index (χ3n) is 13.0. The van der Waals surface area contributed by atoms with Crippen molar-refractivity contribution in [1.82, 2.24) is 37.1 Å². The summed E-state index contributed by atoms with van der Waals surface area (Å²) >= 11 is 0. The molecule has 6 N–H and O–H groups in total. The lowest BCUT2D eigenvalue weighted by molar-refractivity contribution is -0.342. The van der Waals surface area contributed by atoms with E-state index < -0.39 is 183 Å². The van der Waals surface area contributed by atoms with Crippen molar-refractivity contribution in [1.29, 1.82) is 0 Å². The van der Waals surface area contributed by atoms with Crippen LogP contribution in [0.1, 0.15) is 122 Å². The molecule has 0 saturated carbocycles. The van der Waals surface area contributed by atoms with Gasteiger partial charge >= 0.3 is 53.7 Å². The smallest absolute Gasteiger partial charge is 0.303 e. The maximum absolute atomic E-state index is 12.8. The average molecular weight is 1310 g/mol. The van der Waals surface area contributed by atoms with Crippen molar-refractivity contribution in [2.75, 3.05) is 65.7 Å². The van der Waals surface area contributed by atoms with Gasteiger partial charge in [-0.15, -0.1) is 0 Å². The van der Waals surface area contributed by atoms with Crippen LogP contribution >= 0.6 is 0 Å². The lowest BCUT2D eigenvalue weighted by atomic mass is 9.96. The van der Waals surface area contributed by atoms with E-state index in [0.29, 0.717) is 45.3 Å². The van der Waals surface area contributed by atoms with Gasteiger partial charge in [-0.1, -0.05) is 0 Å². The van der Waals surface area contributed by atoms with Crippen molar-refractivity contribution in [3.05, 3.63) is 0 Å². The summed E-state index contributed by atoms with van der Waals surface area (Å²) in [7, 11) is 0. The van der Waals surface area contributed by atoms with Gasteiger partial charge in [0.2, 0.25) is 36.2 Å². The Morgan fingerprint density at radius 2 is 0.747 bits per heavy atom. The van der Waals surface area contributed by atoms with Gasteiger partial charge in [0, 0.05) is 122 Å². The Morgan fingerprint density at radius 1 is 0.385 bits per heavy atom. The van der Waals surface area contributed by atoms with E-state index in [1.54, 1.807) is 0 Å². The van der Waals surface area contributed by atoms with Crippen molar-refractivity contribution in [2.45, 2.75) is 214 Å². The maximum atomic E-state index is 12.8. The second-order valence-electron chi connectivity index (χ2n) is 21.2. The topological polar surface area (TPSA) is 436 Å². The average Bonchev–Trinajstić information content (AvgIpc) is 0.820. The molecule has 3 aliphatic heterocycles. The minimum absolute atomic E-state index is 0.0150. The zero-order valence-corrected chi connectivity index (χ0v) is 53.4. The maximum Gasteiger partial charge on any atom is 0.303 e. The summed E-state index contributed by atoms with van der Waals surface area (Å²) in [5.41, 5.74) is 2.76. The van der Waals surface area contributed by atoms with Crippen LogP contribution in [0.15, 0.2) is 0 Å². The van der Waals surface area contributed by atoms with Gasteiger partial charge in [-0.3, -0.25) is 72.0 Å². The van der Waals surface area contributed by atoms with Crippen LogP contribution in [0.2, 0.25) is 0 Å². The first-order chi connectivity index (χ1) is 42.9. The molecule has 0 aromatic carbocycles. The molecule has 516 valence electrons. The first kappa shape index (κ1) is 78.0. The fourth-order valence-electron chi connectivity index (χ4n) is 9.66. The highest BCUT2D eigenvalue weighted by atomic mass is 16.8. The quantitative estimate of drug-likeness (QED) is 0.0166. The van der Waals surface area contributed by atoms with E-state index in [0.717, 1.165) is 62.3 Å². The van der Waals surface area contributed by atoms with E-state index in [1.807, 2.05) is 0 Å². The summed E-state index contributed by atoms with van der Waals surface area (Å²) in [4.78, 5) is 172. The highest BCUT2D eigenvalue weighted by Crippen LogP contribution is 2.31. The number of nitrogens with one attached hydrogen (secondary N) is 6. The summed E-state index contributed by atoms with van der Waals surface area (Å²) < 4.78 is 72.9. The first-order valence-corrected chi connectivity index (χ1v) is 29.6. The third kappa shape index (κ3) is 29.7. The van der Waals surface area contributed by atoms with Crippen LogP contribution in [0, 0.1) is 0 Å². The predicted molar refractivity (Wildman–Crippen MR) is 303 cm³/mol. The molecular weight excluding hydrogens is 1220 g/mol. The van der Waals surface area contributed by atoms with Gasteiger partial charge in [0.05, 0.1) is 0 Å². The molecule has 0 aromatic rings. The Bertz CT molecular complexity index is 2460. The number of amides is 4. The van der Waals surface area contributed by atoms with Crippen molar-refractivity contribution in [2.24, 2.45) is 0 Å². The van der Waals surface area contributed by atoms with Crippen LogP contribution < -0.4 is 32.1 Å². The van der Waals surface area contributed by atoms with E-state index in [4.69, 9.17) is 71.3 Å². The zero-order valence-electron chi connectivity index (χ0n) is 53.4. The molecule has 35 heteroatoms. The van der Waals surface area contributed by atoms with Gasteiger partial charge in [0.1, 0.15) is 56.3 Å². The van der Waals surface area contributed by atoms with Crippen molar-refractivity contribution >= 4 is 77.4 Å². The van der Waals surface area contributed by atoms with Crippen molar-refractivity contribution in [3.8, 4) is 0 Å². The number of esters is 9. The Kier molecular flexibility index (Phi) is 34.8. The van der Waals surface area contributed by atoms with Crippen molar-refractivity contribution in [3.63, 3.8) is 0 Å². The molecule has 3 fully saturated rings. The summed E-state index contributed by atoms with van der Waals surface area (Å²) in [5, 5.41) is 15.5. The van der Waals surface area contributed by atoms with Gasteiger partial charge in [0.25, 0.3) is 0 Å². The van der Waals surface area contributed by atoms with E-state index in [-0.39, 0.29) is 45.0 Å². The van der Waals surface area contributed by atoms with E-state index in [1.165, 1.54) is 25.8 Å². The molecule has 35 nitrogen and oxygen atoms in total. The lowest BCUT2D eigenvalue weighted by Crippen LogP contribution is -2.67. The largest absolute Gasteiger partial charge is 0.463 e. The normalized spacial score (nSPS) is 26.1. The zero-order chi connectivity index (χ0) is 67.9. The molecule has 91 heavy (non-hydrogen) atoms. The van der Waals surface area contributed by atoms with E-state index in [2.05, 4.69) is 32.1 Å². The molecule has 9 unspecified atom stereocenters. The number of hydrogen-bond acceptors (Lipinski definition) is 31. The van der Waals surface area contributed by atoms with Gasteiger partial charge in [0.15, 0.2) is 42.9 Å². The lowest BCUT2D eigenvalue weighted by Gasteiger charge is -2.45.